The Hall–Kier alpha value is -1.29. The zero-order chi connectivity index (χ0) is 11.1. The van der Waals surface area contributed by atoms with E-state index in [2.05, 4.69) is 0 Å². The first kappa shape index (κ1) is 10.2. The lowest BCUT2D eigenvalue weighted by Crippen LogP contribution is -2.46. The predicted molar refractivity (Wildman–Crippen MR) is 54.3 cm³/mol. The summed E-state index contributed by atoms with van der Waals surface area (Å²) >= 11 is 0. The highest BCUT2D eigenvalue weighted by Crippen LogP contribution is 2.49. The molecule has 1 aliphatic carbocycles. The van der Waals surface area contributed by atoms with Crippen molar-refractivity contribution in [1.82, 2.24) is 0 Å². The number of nitrogens with two attached hydrogens (primary N) is 1. The van der Waals surface area contributed by atoms with Gasteiger partial charge in [0.25, 0.3) is 0 Å². The van der Waals surface area contributed by atoms with Gasteiger partial charge in [0.1, 0.15) is 5.76 Å². The standard InChI is InChI=1S/C11H15NO3/c1-7-8(3-6-15-7)9(12)11(10(13)14)4-2-5-11/h3,6,9H,2,4-5,12H2,1H3,(H,13,14). The fraction of sp³-hybridized carbons (Fsp3) is 0.545. The molecular formula is C11H15NO3. The number of rotatable bonds is 3. The Kier molecular flexibility index (Phi) is 2.31. The average Bonchev–Trinajstić information content (AvgIpc) is 2.48. The molecule has 1 atom stereocenters. The molecule has 0 radical (unpaired) electrons. The number of carboxylic acid groups (broad SMARTS) is 1. The van der Waals surface area contributed by atoms with Crippen molar-refractivity contribution in [2.45, 2.75) is 32.2 Å². The van der Waals surface area contributed by atoms with Gasteiger partial charge in [-0.25, -0.2) is 0 Å². The maximum absolute atomic E-state index is 11.2. The average molecular weight is 209 g/mol. The Morgan fingerprint density at radius 1 is 1.67 bits per heavy atom. The van der Waals surface area contributed by atoms with Crippen LogP contribution in [0.15, 0.2) is 16.7 Å². The van der Waals surface area contributed by atoms with E-state index in [0.717, 1.165) is 17.7 Å². The number of aryl methyl sites for hydroxylation is 1. The lowest BCUT2D eigenvalue weighted by atomic mass is 9.62. The maximum atomic E-state index is 11.2. The van der Waals surface area contributed by atoms with E-state index >= 15 is 0 Å². The minimum Gasteiger partial charge on any atom is -0.481 e. The van der Waals surface area contributed by atoms with Crippen LogP contribution < -0.4 is 5.73 Å². The summed E-state index contributed by atoms with van der Waals surface area (Å²) in [6.07, 6.45) is 3.82. The van der Waals surface area contributed by atoms with Crippen LogP contribution in [0.3, 0.4) is 0 Å². The van der Waals surface area contributed by atoms with E-state index < -0.39 is 17.4 Å². The maximum Gasteiger partial charge on any atom is 0.311 e. The van der Waals surface area contributed by atoms with Gasteiger partial charge in [0.15, 0.2) is 0 Å². The highest BCUT2D eigenvalue weighted by atomic mass is 16.4. The summed E-state index contributed by atoms with van der Waals surface area (Å²) in [5.74, 6) is -0.0723. The molecule has 0 spiro atoms. The zero-order valence-electron chi connectivity index (χ0n) is 8.69. The molecule has 82 valence electrons. The largest absolute Gasteiger partial charge is 0.481 e. The minimum absolute atomic E-state index is 0.456. The van der Waals surface area contributed by atoms with Crippen LogP contribution in [0.25, 0.3) is 0 Å². The third-order valence-electron chi connectivity index (χ3n) is 3.50. The molecule has 4 heteroatoms. The molecule has 0 aliphatic heterocycles. The van der Waals surface area contributed by atoms with Crippen molar-refractivity contribution >= 4 is 5.97 Å². The van der Waals surface area contributed by atoms with Crippen molar-refractivity contribution in [2.24, 2.45) is 11.1 Å². The molecule has 4 nitrogen and oxygen atoms in total. The number of aliphatic carboxylic acids is 1. The molecular weight excluding hydrogens is 194 g/mol. The summed E-state index contributed by atoms with van der Waals surface area (Å²) in [6, 6.07) is 1.31. The van der Waals surface area contributed by atoms with Gasteiger partial charge in [-0.15, -0.1) is 0 Å². The Balaban J connectivity index is 2.31. The quantitative estimate of drug-likeness (QED) is 0.796. The smallest absolute Gasteiger partial charge is 0.311 e. The Bertz CT molecular complexity index is 379. The topological polar surface area (TPSA) is 76.5 Å². The van der Waals surface area contributed by atoms with Crippen LogP contribution in [0.1, 0.15) is 36.6 Å². The van der Waals surface area contributed by atoms with Crippen LogP contribution in [-0.4, -0.2) is 11.1 Å². The minimum atomic E-state index is -0.790. The molecule has 0 amide bonds. The van der Waals surface area contributed by atoms with Gasteiger partial charge >= 0.3 is 5.97 Å². The van der Waals surface area contributed by atoms with Crippen LogP contribution >= 0.6 is 0 Å². The number of carboxylic acids is 1. The lowest BCUT2D eigenvalue weighted by molar-refractivity contribution is -0.156. The van der Waals surface area contributed by atoms with Crippen molar-refractivity contribution in [3.8, 4) is 0 Å². The van der Waals surface area contributed by atoms with Crippen molar-refractivity contribution in [2.75, 3.05) is 0 Å². The third-order valence-corrected chi connectivity index (χ3v) is 3.50. The van der Waals surface area contributed by atoms with E-state index in [9.17, 15) is 9.90 Å². The third kappa shape index (κ3) is 1.36. The number of hydrogen-bond donors (Lipinski definition) is 2. The van der Waals surface area contributed by atoms with Crippen molar-refractivity contribution < 1.29 is 14.3 Å². The molecule has 1 fully saturated rings. The van der Waals surface area contributed by atoms with Gasteiger partial charge in [-0.3, -0.25) is 4.79 Å². The van der Waals surface area contributed by atoms with E-state index in [1.807, 2.05) is 6.92 Å². The molecule has 1 aromatic rings. The molecule has 0 saturated heterocycles. The summed E-state index contributed by atoms with van der Waals surface area (Å²) in [6.45, 7) is 1.81. The SMILES string of the molecule is Cc1occc1C(N)C1(C(=O)O)CCC1. The first-order valence-corrected chi connectivity index (χ1v) is 5.11. The first-order valence-electron chi connectivity index (χ1n) is 5.11. The molecule has 1 saturated carbocycles. The predicted octanol–water partition coefficient (Wildman–Crippen LogP) is 1.84. The first-order chi connectivity index (χ1) is 7.08. The summed E-state index contributed by atoms with van der Waals surface area (Å²) in [4.78, 5) is 11.2. The molecule has 3 N–H and O–H groups in total. The van der Waals surface area contributed by atoms with E-state index in [-0.39, 0.29) is 0 Å². The molecule has 1 heterocycles. The van der Waals surface area contributed by atoms with Gasteiger partial charge in [0.2, 0.25) is 0 Å². The van der Waals surface area contributed by atoms with Gasteiger partial charge in [-0.05, 0) is 25.8 Å². The van der Waals surface area contributed by atoms with Crippen LogP contribution in [0.4, 0.5) is 0 Å². The van der Waals surface area contributed by atoms with E-state index in [1.54, 1.807) is 12.3 Å². The molecule has 1 aliphatic rings. The monoisotopic (exact) mass is 209 g/mol. The van der Waals surface area contributed by atoms with Crippen LogP contribution in [0.2, 0.25) is 0 Å². The molecule has 2 rings (SSSR count). The summed E-state index contributed by atoms with van der Waals surface area (Å²) in [5.41, 5.74) is 6.09. The van der Waals surface area contributed by atoms with Gasteiger partial charge in [-0.1, -0.05) is 6.42 Å². The van der Waals surface area contributed by atoms with E-state index in [4.69, 9.17) is 10.2 Å². The van der Waals surface area contributed by atoms with E-state index in [0.29, 0.717) is 12.8 Å². The second-order valence-electron chi connectivity index (χ2n) is 4.22. The molecule has 1 aromatic heterocycles. The van der Waals surface area contributed by atoms with Gasteiger partial charge in [-0.2, -0.15) is 0 Å². The highest BCUT2D eigenvalue weighted by Gasteiger charge is 2.50. The van der Waals surface area contributed by atoms with Gasteiger partial charge in [0.05, 0.1) is 11.7 Å². The van der Waals surface area contributed by atoms with Gasteiger partial charge in [0, 0.05) is 11.6 Å². The number of furan rings is 1. The van der Waals surface area contributed by atoms with Gasteiger partial charge < -0.3 is 15.3 Å². The summed E-state index contributed by atoms with van der Waals surface area (Å²) < 4.78 is 5.16. The Labute approximate surface area is 88.1 Å². The van der Waals surface area contributed by atoms with Crippen molar-refractivity contribution in [3.63, 3.8) is 0 Å². The zero-order valence-corrected chi connectivity index (χ0v) is 8.69. The Morgan fingerprint density at radius 3 is 2.67 bits per heavy atom. The second-order valence-corrected chi connectivity index (χ2v) is 4.22. The van der Waals surface area contributed by atoms with Crippen molar-refractivity contribution in [1.29, 1.82) is 0 Å². The molecule has 15 heavy (non-hydrogen) atoms. The molecule has 0 bridgehead atoms. The fourth-order valence-electron chi connectivity index (χ4n) is 2.23. The second kappa shape index (κ2) is 3.38. The fourth-order valence-corrected chi connectivity index (χ4v) is 2.23. The molecule has 0 aromatic carbocycles. The summed E-state index contributed by atoms with van der Waals surface area (Å²) in [5, 5.41) is 9.23. The Morgan fingerprint density at radius 2 is 2.33 bits per heavy atom. The number of hydrogen-bond acceptors (Lipinski definition) is 3. The summed E-state index contributed by atoms with van der Waals surface area (Å²) in [7, 11) is 0. The van der Waals surface area contributed by atoms with Crippen LogP contribution in [-0.2, 0) is 4.79 Å². The van der Waals surface area contributed by atoms with E-state index in [1.165, 1.54) is 0 Å². The van der Waals surface area contributed by atoms with Crippen LogP contribution in [0.5, 0.6) is 0 Å². The normalized spacial score (nSPS) is 20.7. The van der Waals surface area contributed by atoms with Crippen LogP contribution in [0, 0.1) is 12.3 Å². The molecule has 1 unspecified atom stereocenters. The highest BCUT2D eigenvalue weighted by molar-refractivity contribution is 5.77. The van der Waals surface area contributed by atoms with Crippen molar-refractivity contribution in [3.05, 3.63) is 23.7 Å². The lowest BCUT2D eigenvalue weighted by Gasteiger charge is -2.42. The number of carbonyl (C=O) groups is 1.